The Morgan fingerprint density at radius 3 is 2.70 bits per heavy atom. The zero-order valence-corrected chi connectivity index (χ0v) is 15.7. The first-order valence-corrected chi connectivity index (χ1v) is 9.58. The van der Waals surface area contributed by atoms with Crippen LogP contribution in [0.4, 0.5) is 4.39 Å². The van der Waals surface area contributed by atoms with Crippen LogP contribution in [0.1, 0.15) is 23.1 Å². The molecule has 0 aliphatic heterocycles. The molecule has 4 heteroatoms. The summed E-state index contributed by atoms with van der Waals surface area (Å²) in [4.78, 5) is 4.33. The fraction of sp³-hybridized carbons (Fsp3) is 0.0870. The molecule has 0 bridgehead atoms. The van der Waals surface area contributed by atoms with E-state index in [1.54, 1.807) is 6.20 Å². The molecule has 0 atom stereocenters. The van der Waals surface area contributed by atoms with Crippen molar-refractivity contribution in [1.82, 2.24) is 4.98 Å². The van der Waals surface area contributed by atoms with E-state index in [0.29, 0.717) is 12.4 Å². The highest BCUT2D eigenvalue weighted by Gasteiger charge is 2.10. The van der Waals surface area contributed by atoms with Crippen molar-refractivity contribution in [3.05, 3.63) is 100 Å². The summed E-state index contributed by atoms with van der Waals surface area (Å²) in [5, 5.41) is 5.13. The van der Waals surface area contributed by atoms with Gasteiger partial charge in [0.1, 0.15) is 23.2 Å². The SMILES string of the molecule is C/C=C(/c1cc(F)cc(OCc2ccc3ccccc3c2)c1)c1nccs1. The zero-order chi connectivity index (χ0) is 18.6. The van der Waals surface area contributed by atoms with Gasteiger partial charge in [0.05, 0.1) is 0 Å². The molecule has 27 heavy (non-hydrogen) atoms. The molecule has 0 aliphatic carbocycles. The van der Waals surface area contributed by atoms with Gasteiger partial charge in [-0.3, -0.25) is 0 Å². The molecule has 2 nitrogen and oxygen atoms in total. The van der Waals surface area contributed by atoms with Crippen molar-refractivity contribution < 1.29 is 9.13 Å². The van der Waals surface area contributed by atoms with E-state index in [-0.39, 0.29) is 5.82 Å². The number of thiazole rings is 1. The summed E-state index contributed by atoms with van der Waals surface area (Å²) >= 11 is 1.53. The molecule has 4 rings (SSSR count). The van der Waals surface area contributed by atoms with Crippen LogP contribution in [0.5, 0.6) is 5.75 Å². The van der Waals surface area contributed by atoms with Crippen molar-refractivity contribution in [1.29, 1.82) is 0 Å². The van der Waals surface area contributed by atoms with Crippen LogP contribution in [0.2, 0.25) is 0 Å². The number of ether oxygens (including phenoxy) is 1. The molecular weight excluding hydrogens is 357 g/mol. The fourth-order valence-corrected chi connectivity index (χ4v) is 3.80. The molecule has 0 aliphatic rings. The second kappa shape index (κ2) is 7.72. The predicted octanol–water partition coefficient (Wildman–Crippen LogP) is 6.47. The zero-order valence-electron chi connectivity index (χ0n) is 14.9. The van der Waals surface area contributed by atoms with E-state index in [2.05, 4.69) is 29.2 Å². The van der Waals surface area contributed by atoms with Gasteiger partial charge < -0.3 is 4.74 Å². The highest BCUT2D eigenvalue weighted by atomic mass is 32.1. The molecule has 4 aromatic rings. The number of hydrogen-bond acceptors (Lipinski definition) is 3. The molecule has 0 amide bonds. The number of hydrogen-bond donors (Lipinski definition) is 0. The van der Waals surface area contributed by atoms with Gasteiger partial charge in [-0.2, -0.15) is 0 Å². The summed E-state index contributed by atoms with van der Waals surface area (Å²) in [6.45, 7) is 2.31. The lowest BCUT2D eigenvalue weighted by molar-refractivity contribution is 0.304. The van der Waals surface area contributed by atoms with E-state index in [4.69, 9.17) is 4.74 Å². The standard InChI is InChI=1S/C23H18FNOS/c1-2-22(23-25-9-10-27-23)19-12-20(24)14-21(13-19)26-15-16-7-8-17-5-3-4-6-18(17)11-16/h2-14H,15H2,1H3/b22-2-. The molecule has 1 heterocycles. The first kappa shape index (κ1) is 17.4. The lowest BCUT2D eigenvalue weighted by Gasteiger charge is -2.11. The Morgan fingerprint density at radius 1 is 1.07 bits per heavy atom. The lowest BCUT2D eigenvalue weighted by atomic mass is 10.1. The van der Waals surface area contributed by atoms with E-state index in [1.165, 1.54) is 34.2 Å². The van der Waals surface area contributed by atoms with Gasteiger partial charge in [0.15, 0.2) is 0 Å². The van der Waals surface area contributed by atoms with Gasteiger partial charge in [-0.25, -0.2) is 9.37 Å². The van der Waals surface area contributed by atoms with Crippen LogP contribution in [-0.2, 0) is 6.61 Å². The minimum atomic E-state index is -0.322. The van der Waals surface area contributed by atoms with E-state index in [1.807, 2.05) is 42.6 Å². The summed E-state index contributed by atoms with van der Waals surface area (Å²) in [6.07, 6.45) is 3.70. The number of nitrogens with zero attached hydrogens (tertiary/aromatic N) is 1. The minimum Gasteiger partial charge on any atom is -0.489 e. The molecule has 1 aromatic heterocycles. The first-order chi connectivity index (χ1) is 13.2. The summed E-state index contributed by atoms with van der Waals surface area (Å²) in [5.74, 6) is 0.186. The smallest absolute Gasteiger partial charge is 0.127 e. The summed E-state index contributed by atoms with van der Waals surface area (Å²) in [7, 11) is 0. The molecular formula is C23H18FNOS. The highest BCUT2D eigenvalue weighted by molar-refractivity contribution is 7.10. The van der Waals surface area contributed by atoms with Crippen LogP contribution < -0.4 is 4.74 Å². The van der Waals surface area contributed by atoms with Crippen LogP contribution in [0.15, 0.2) is 78.3 Å². The number of rotatable bonds is 5. The number of benzene rings is 3. The molecule has 0 saturated carbocycles. The second-order valence-electron chi connectivity index (χ2n) is 6.19. The minimum absolute atomic E-state index is 0.322. The summed E-state index contributed by atoms with van der Waals surface area (Å²) in [5.41, 5.74) is 2.71. The Kier molecular flexibility index (Phi) is 4.99. The average molecular weight is 375 g/mol. The fourth-order valence-electron chi connectivity index (χ4n) is 3.07. The maximum atomic E-state index is 14.2. The number of halogens is 1. The third-order valence-electron chi connectivity index (χ3n) is 4.35. The molecule has 0 unspecified atom stereocenters. The van der Waals surface area contributed by atoms with Crippen LogP contribution in [-0.4, -0.2) is 4.98 Å². The molecule has 0 N–H and O–H groups in total. The van der Waals surface area contributed by atoms with Gasteiger partial charge in [-0.05, 0) is 47.0 Å². The lowest BCUT2D eigenvalue weighted by Crippen LogP contribution is -1.97. The summed E-state index contributed by atoms with van der Waals surface area (Å²) in [6, 6.07) is 19.2. The van der Waals surface area contributed by atoms with Gasteiger partial charge >= 0.3 is 0 Å². The Balaban J connectivity index is 1.57. The Labute approximate surface area is 161 Å². The van der Waals surface area contributed by atoms with Gasteiger partial charge in [-0.1, -0.05) is 42.5 Å². The van der Waals surface area contributed by atoms with Crippen LogP contribution in [0, 0.1) is 5.82 Å². The first-order valence-electron chi connectivity index (χ1n) is 8.70. The maximum Gasteiger partial charge on any atom is 0.127 e. The van der Waals surface area contributed by atoms with Gasteiger partial charge in [-0.15, -0.1) is 11.3 Å². The van der Waals surface area contributed by atoms with Crippen molar-refractivity contribution in [2.45, 2.75) is 13.5 Å². The van der Waals surface area contributed by atoms with Gasteiger partial charge in [0.2, 0.25) is 0 Å². The maximum absolute atomic E-state index is 14.2. The largest absolute Gasteiger partial charge is 0.489 e. The number of allylic oxidation sites excluding steroid dienone is 1. The van der Waals surface area contributed by atoms with Crippen LogP contribution in [0.3, 0.4) is 0 Å². The van der Waals surface area contributed by atoms with E-state index < -0.39 is 0 Å². The molecule has 0 fully saturated rings. The van der Waals surface area contributed by atoms with Crippen molar-refractivity contribution >= 4 is 27.7 Å². The van der Waals surface area contributed by atoms with E-state index in [0.717, 1.165) is 21.7 Å². The van der Waals surface area contributed by atoms with Crippen molar-refractivity contribution in [3.8, 4) is 5.75 Å². The quantitative estimate of drug-likeness (QED) is 0.399. The Morgan fingerprint density at radius 2 is 1.93 bits per heavy atom. The molecule has 0 spiro atoms. The third kappa shape index (κ3) is 3.91. The Bertz CT molecular complexity index is 1100. The molecule has 134 valence electrons. The summed E-state index contributed by atoms with van der Waals surface area (Å²) < 4.78 is 20.1. The monoisotopic (exact) mass is 375 g/mol. The van der Waals surface area contributed by atoms with Gasteiger partial charge in [0.25, 0.3) is 0 Å². The molecule has 0 radical (unpaired) electrons. The second-order valence-corrected chi connectivity index (χ2v) is 7.08. The van der Waals surface area contributed by atoms with E-state index in [9.17, 15) is 4.39 Å². The number of aromatic nitrogens is 1. The molecule has 3 aromatic carbocycles. The average Bonchev–Trinajstić information content (AvgIpc) is 3.21. The van der Waals surface area contributed by atoms with E-state index >= 15 is 0 Å². The highest BCUT2D eigenvalue weighted by Crippen LogP contribution is 2.29. The molecule has 0 saturated heterocycles. The normalized spacial score (nSPS) is 11.7. The Hall–Kier alpha value is -2.98. The van der Waals surface area contributed by atoms with Crippen LogP contribution >= 0.6 is 11.3 Å². The predicted molar refractivity (Wildman–Crippen MR) is 110 cm³/mol. The van der Waals surface area contributed by atoms with Crippen LogP contribution in [0.25, 0.3) is 16.3 Å². The number of fused-ring (bicyclic) bond motifs is 1. The topological polar surface area (TPSA) is 22.1 Å². The van der Waals surface area contributed by atoms with Gasteiger partial charge in [0, 0.05) is 23.2 Å². The van der Waals surface area contributed by atoms with Crippen molar-refractivity contribution in [2.24, 2.45) is 0 Å². The van der Waals surface area contributed by atoms with Crippen molar-refractivity contribution in [2.75, 3.05) is 0 Å². The third-order valence-corrected chi connectivity index (χ3v) is 5.16. The van der Waals surface area contributed by atoms with Crippen molar-refractivity contribution in [3.63, 3.8) is 0 Å².